The number of nitrogens with one attached hydrogen (secondary N) is 1. The minimum Gasteiger partial charge on any atom is -0.496 e. The van der Waals surface area contributed by atoms with Gasteiger partial charge in [0.05, 0.1) is 12.6 Å². The fourth-order valence-electron chi connectivity index (χ4n) is 1.91. The molecule has 1 aromatic carbocycles. The van der Waals surface area contributed by atoms with E-state index in [9.17, 15) is 0 Å². The van der Waals surface area contributed by atoms with Gasteiger partial charge in [0.15, 0.2) is 0 Å². The van der Waals surface area contributed by atoms with Gasteiger partial charge in [-0.05, 0) is 66.3 Å². The molecular formula is C13H16INO. The second-order valence-electron chi connectivity index (χ2n) is 3.87. The maximum Gasteiger partial charge on any atom is 0.113 e. The lowest BCUT2D eigenvalue weighted by Crippen LogP contribution is -2.21. The molecule has 1 aliphatic heterocycles. The van der Waals surface area contributed by atoms with E-state index in [-0.39, 0.29) is 6.04 Å². The minimum atomic E-state index is 0.192. The van der Waals surface area contributed by atoms with Gasteiger partial charge in [0, 0.05) is 3.57 Å². The van der Waals surface area contributed by atoms with Crippen molar-refractivity contribution in [2.45, 2.75) is 18.9 Å². The quantitative estimate of drug-likeness (QED) is 0.860. The molecule has 0 fully saturated rings. The molecule has 0 aromatic heterocycles. The summed E-state index contributed by atoms with van der Waals surface area (Å²) >= 11 is 2.32. The van der Waals surface area contributed by atoms with Crippen LogP contribution in [0, 0.1) is 3.57 Å². The summed E-state index contributed by atoms with van der Waals surface area (Å²) in [5, 5.41) is 3.31. The molecule has 1 unspecified atom stereocenters. The molecule has 1 aromatic rings. The van der Waals surface area contributed by atoms with Gasteiger partial charge in [0.1, 0.15) is 5.76 Å². The molecule has 0 saturated heterocycles. The Labute approximate surface area is 110 Å². The van der Waals surface area contributed by atoms with Gasteiger partial charge in [-0.2, -0.15) is 0 Å². The molecule has 0 radical (unpaired) electrons. The van der Waals surface area contributed by atoms with Crippen molar-refractivity contribution in [3.05, 3.63) is 45.2 Å². The Morgan fingerprint density at radius 1 is 1.31 bits per heavy atom. The third-order valence-electron chi connectivity index (χ3n) is 2.74. The van der Waals surface area contributed by atoms with Crippen molar-refractivity contribution >= 4 is 22.6 Å². The molecule has 86 valence electrons. The van der Waals surface area contributed by atoms with Crippen LogP contribution >= 0.6 is 22.6 Å². The summed E-state index contributed by atoms with van der Waals surface area (Å²) in [5.74, 6) is 1.06. The normalized spacial score (nSPS) is 17.5. The summed E-state index contributed by atoms with van der Waals surface area (Å²) < 4.78 is 6.97. The number of rotatable bonds is 3. The molecule has 1 atom stereocenters. The SMILES string of the molecule is CNC(C1=CCCCO1)c1ccc(I)cc1. The van der Waals surface area contributed by atoms with Crippen LogP contribution in [-0.4, -0.2) is 13.7 Å². The number of likely N-dealkylation sites (N-methyl/N-ethyl adjacent to an activating group) is 1. The average Bonchev–Trinajstić information content (AvgIpc) is 2.34. The van der Waals surface area contributed by atoms with Crippen molar-refractivity contribution in [3.8, 4) is 0 Å². The van der Waals surface area contributed by atoms with E-state index in [2.05, 4.69) is 58.2 Å². The van der Waals surface area contributed by atoms with E-state index in [1.807, 2.05) is 7.05 Å². The van der Waals surface area contributed by atoms with E-state index < -0.39 is 0 Å². The number of ether oxygens (including phenoxy) is 1. The smallest absolute Gasteiger partial charge is 0.113 e. The Balaban J connectivity index is 2.21. The van der Waals surface area contributed by atoms with Crippen LogP contribution in [0.15, 0.2) is 36.1 Å². The van der Waals surface area contributed by atoms with Gasteiger partial charge in [-0.15, -0.1) is 0 Å². The second-order valence-corrected chi connectivity index (χ2v) is 5.12. The van der Waals surface area contributed by atoms with Crippen LogP contribution in [0.1, 0.15) is 24.4 Å². The van der Waals surface area contributed by atoms with Crippen molar-refractivity contribution in [2.24, 2.45) is 0 Å². The summed E-state index contributed by atoms with van der Waals surface area (Å²) in [6.07, 6.45) is 4.45. The van der Waals surface area contributed by atoms with Crippen molar-refractivity contribution in [2.75, 3.05) is 13.7 Å². The van der Waals surface area contributed by atoms with Crippen molar-refractivity contribution in [1.82, 2.24) is 5.32 Å². The Kier molecular flexibility index (Phi) is 4.23. The lowest BCUT2D eigenvalue weighted by Gasteiger charge is -2.23. The van der Waals surface area contributed by atoms with E-state index >= 15 is 0 Å². The Morgan fingerprint density at radius 2 is 2.06 bits per heavy atom. The van der Waals surface area contributed by atoms with Gasteiger partial charge < -0.3 is 10.1 Å². The van der Waals surface area contributed by atoms with Gasteiger partial charge in [0.25, 0.3) is 0 Å². The van der Waals surface area contributed by atoms with Crippen LogP contribution in [0.5, 0.6) is 0 Å². The molecule has 16 heavy (non-hydrogen) atoms. The molecule has 0 bridgehead atoms. The standard InChI is InChI=1S/C13H16INO/c1-15-13(12-4-2-3-9-16-12)10-5-7-11(14)8-6-10/h4-8,13,15H,2-3,9H2,1H3. The van der Waals surface area contributed by atoms with E-state index in [1.54, 1.807) is 0 Å². The van der Waals surface area contributed by atoms with Gasteiger partial charge in [-0.1, -0.05) is 12.1 Å². The maximum absolute atomic E-state index is 5.71. The number of benzene rings is 1. The highest BCUT2D eigenvalue weighted by atomic mass is 127. The molecule has 2 nitrogen and oxygen atoms in total. The van der Waals surface area contributed by atoms with Crippen LogP contribution in [0.2, 0.25) is 0 Å². The van der Waals surface area contributed by atoms with E-state index in [0.29, 0.717) is 0 Å². The molecule has 1 heterocycles. The summed E-state index contributed by atoms with van der Waals surface area (Å²) in [7, 11) is 1.97. The molecule has 0 saturated carbocycles. The Bertz CT molecular complexity index is 372. The molecule has 0 aliphatic carbocycles. The summed E-state index contributed by atoms with van der Waals surface area (Å²) in [5.41, 5.74) is 1.26. The lowest BCUT2D eigenvalue weighted by molar-refractivity contribution is 0.169. The summed E-state index contributed by atoms with van der Waals surface area (Å²) in [6, 6.07) is 8.76. The van der Waals surface area contributed by atoms with Gasteiger partial charge in [-0.25, -0.2) is 0 Å². The third-order valence-corrected chi connectivity index (χ3v) is 3.46. The second kappa shape index (κ2) is 5.68. The van der Waals surface area contributed by atoms with Crippen molar-refractivity contribution in [3.63, 3.8) is 0 Å². The molecule has 3 heteroatoms. The van der Waals surface area contributed by atoms with Gasteiger partial charge in [-0.3, -0.25) is 0 Å². The van der Waals surface area contributed by atoms with Crippen molar-refractivity contribution < 1.29 is 4.74 Å². The topological polar surface area (TPSA) is 21.3 Å². The number of halogens is 1. The molecule has 1 aliphatic rings. The van der Waals surface area contributed by atoms with Gasteiger partial charge in [0.2, 0.25) is 0 Å². The van der Waals surface area contributed by atoms with Crippen LogP contribution < -0.4 is 5.32 Å². The predicted molar refractivity (Wildman–Crippen MR) is 74.2 cm³/mol. The lowest BCUT2D eigenvalue weighted by atomic mass is 10.0. The zero-order valence-corrected chi connectivity index (χ0v) is 11.5. The summed E-state index contributed by atoms with van der Waals surface area (Å²) in [4.78, 5) is 0. The fraction of sp³-hybridized carbons (Fsp3) is 0.385. The van der Waals surface area contributed by atoms with Crippen molar-refractivity contribution in [1.29, 1.82) is 0 Å². The predicted octanol–water partition coefficient (Wildman–Crippen LogP) is 3.25. The maximum atomic E-state index is 5.71. The van der Waals surface area contributed by atoms with E-state index in [0.717, 1.165) is 25.2 Å². The number of hydrogen-bond acceptors (Lipinski definition) is 2. The highest BCUT2D eigenvalue weighted by Crippen LogP contribution is 2.26. The Hall–Kier alpha value is -0.550. The largest absolute Gasteiger partial charge is 0.496 e. The number of allylic oxidation sites excluding steroid dienone is 1. The van der Waals surface area contributed by atoms with Crippen LogP contribution in [-0.2, 0) is 4.74 Å². The van der Waals surface area contributed by atoms with Crippen LogP contribution in [0.25, 0.3) is 0 Å². The fourth-order valence-corrected chi connectivity index (χ4v) is 2.27. The zero-order chi connectivity index (χ0) is 11.4. The van der Waals surface area contributed by atoms with Gasteiger partial charge >= 0.3 is 0 Å². The van der Waals surface area contributed by atoms with Crippen LogP contribution in [0.3, 0.4) is 0 Å². The van der Waals surface area contributed by atoms with E-state index in [4.69, 9.17) is 4.74 Å². The monoisotopic (exact) mass is 329 g/mol. The molecule has 0 spiro atoms. The first-order chi connectivity index (χ1) is 7.81. The van der Waals surface area contributed by atoms with E-state index in [1.165, 1.54) is 9.13 Å². The third kappa shape index (κ3) is 2.77. The molecular weight excluding hydrogens is 313 g/mol. The first-order valence-electron chi connectivity index (χ1n) is 5.57. The first-order valence-corrected chi connectivity index (χ1v) is 6.64. The molecule has 0 amide bonds. The zero-order valence-electron chi connectivity index (χ0n) is 9.37. The first kappa shape index (κ1) is 11.9. The minimum absolute atomic E-state index is 0.192. The highest BCUT2D eigenvalue weighted by molar-refractivity contribution is 14.1. The highest BCUT2D eigenvalue weighted by Gasteiger charge is 2.17. The summed E-state index contributed by atoms with van der Waals surface area (Å²) in [6.45, 7) is 0.842. The molecule has 1 N–H and O–H groups in total. The number of hydrogen-bond donors (Lipinski definition) is 1. The average molecular weight is 329 g/mol. The van der Waals surface area contributed by atoms with Crippen LogP contribution in [0.4, 0.5) is 0 Å². The molecule has 2 rings (SSSR count). The Morgan fingerprint density at radius 3 is 2.62 bits per heavy atom.